The molecule has 0 aliphatic heterocycles. The van der Waals surface area contributed by atoms with Gasteiger partial charge in [0.15, 0.2) is 0 Å². The van der Waals surface area contributed by atoms with E-state index in [-0.39, 0.29) is 16.8 Å². The molecule has 0 bridgehead atoms. The molecule has 1 unspecified atom stereocenters. The molecule has 8 heteroatoms. The molecule has 0 saturated heterocycles. The van der Waals surface area contributed by atoms with Gasteiger partial charge in [-0.2, -0.15) is 9.40 Å². The Balaban J connectivity index is 1.56. The van der Waals surface area contributed by atoms with Crippen LogP contribution in [0.1, 0.15) is 65.5 Å². The Morgan fingerprint density at radius 3 is 2.59 bits per heavy atom. The molecule has 180 valence electrons. The molecule has 7 nitrogen and oxygen atoms in total. The second-order valence-corrected chi connectivity index (χ2v) is 10.6. The molecule has 4 rings (SSSR count). The predicted molar refractivity (Wildman–Crippen MR) is 132 cm³/mol. The zero-order valence-electron chi connectivity index (χ0n) is 20.0. The number of amides is 1. The van der Waals surface area contributed by atoms with Crippen molar-refractivity contribution >= 4 is 15.9 Å². The van der Waals surface area contributed by atoms with Gasteiger partial charge in [-0.05, 0) is 49.4 Å². The van der Waals surface area contributed by atoms with E-state index < -0.39 is 10.0 Å². The zero-order valence-corrected chi connectivity index (χ0v) is 20.8. The van der Waals surface area contributed by atoms with Crippen LogP contribution in [0.2, 0.25) is 0 Å². The van der Waals surface area contributed by atoms with Gasteiger partial charge in [0.1, 0.15) is 0 Å². The molecular formula is C26H32N4O3S. The molecule has 1 N–H and O–H groups in total. The van der Waals surface area contributed by atoms with Crippen molar-refractivity contribution in [3.05, 3.63) is 82.7 Å². The number of aryl methyl sites for hydroxylation is 1. The van der Waals surface area contributed by atoms with Gasteiger partial charge in [-0.25, -0.2) is 8.42 Å². The van der Waals surface area contributed by atoms with E-state index in [1.54, 1.807) is 19.1 Å². The quantitative estimate of drug-likeness (QED) is 0.527. The number of carbonyl (C=O) groups excluding carboxylic acids is 1. The summed E-state index contributed by atoms with van der Waals surface area (Å²) in [6, 6.07) is 14.9. The molecular weight excluding hydrogens is 448 g/mol. The minimum Gasteiger partial charge on any atom is -0.345 e. The molecule has 1 aliphatic rings. The highest BCUT2D eigenvalue weighted by Crippen LogP contribution is 2.30. The maximum absolute atomic E-state index is 13.2. The fraction of sp³-hybridized carbons (Fsp3) is 0.385. The van der Waals surface area contributed by atoms with E-state index in [2.05, 4.69) is 22.5 Å². The maximum atomic E-state index is 13.2. The zero-order chi connectivity index (χ0) is 24.3. The highest BCUT2D eigenvalue weighted by atomic mass is 32.2. The number of carbonyl (C=O) groups is 1. The van der Waals surface area contributed by atoms with Crippen molar-refractivity contribution in [3.8, 4) is 0 Å². The summed E-state index contributed by atoms with van der Waals surface area (Å²) in [5.74, 6) is -0.273. The SMILES string of the molecule is CCN(CC)S(=O)(=O)c1cc(C(=O)NC2CCCc3c2cnn3Cc2ccccc2)ccc1C. The first kappa shape index (κ1) is 24.2. The summed E-state index contributed by atoms with van der Waals surface area (Å²) in [6.07, 6.45) is 4.55. The number of rotatable bonds is 8. The second-order valence-electron chi connectivity index (χ2n) is 8.68. The molecule has 1 atom stereocenters. The van der Waals surface area contributed by atoms with E-state index in [1.165, 1.54) is 15.9 Å². The second kappa shape index (κ2) is 10.1. The van der Waals surface area contributed by atoms with E-state index in [0.717, 1.165) is 30.5 Å². The Morgan fingerprint density at radius 1 is 1.15 bits per heavy atom. The summed E-state index contributed by atoms with van der Waals surface area (Å²) in [5, 5.41) is 7.72. The summed E-state index contributed by atoms with van der Waals surface area (Å²) >= 11 is 0. The van der Waals surface area contributed by atoms with E-state index >= 15 is 0 Å². The summed E-state index contributed by atoms with van der Waals surface area (Å²) in [6.45, 7) is 6.84. The van der Waals surface area contributed by atoms with E-state index in [1.807, 2.05) is 42.9 Å². The van der Waals surface area contributed by atoms with Gasteiger partial charge in [-0.1, -0.05) is 50.2 Å². The van der Waals surface area contributed by atoms with Crippen molar-refractivity contribution in [2.24, 2.45) is 0 Å². The van der Waals surface area contributed by atoms with Crippen LogP contribution in [-0.4, -0.2) is 41.5 Å². The van der Waals surface area contributed by atoms with Crippen molar-refractivity contribution in [1.29, 1.82) is 0 Å². The van der Waals surface area contributed by atoms with Crippen molar-refractivity contribution in [2.75, 3.05) is 13.1 Å². The van der Waals surface area contributed by atoms with Crippen LogP contribution in [0.3, 0.4) is 0 Å². The van der Waals surface area contributed by atoms with Crippen molar-refractivity contribution < 1.29 is 13.2 Å². The maximum Gasteiger partial charge on any atom is 0.251 e. The topological polar surface area (TPSA) is 84.3 Å². The summed E-state index contributed by atoms with van der Waals surface area (Å²) < 4.78 is 29.6. The number of nitrogens with zero attached hydrogens (tertiary/aromatic N) is 3. The third-order valence-corrected chi connectivity index (χ3v) is 8.71. The van der Waals surface area contributed by atoms with Gasteiger partial charge < -0.3 is 5.32 Å². The number of fused-ring (bicyclic) bond motifs is 1. The summed E-state index contributed by atoms with van der Waals surface area (Å²) in [7, 11) is -3.66. The van der Waals surface area contributed by atoms with Gasteiger partial charge >= 0.3 is 0 Å². The fourth-order valence-corrected chi connectivity index (χ4v) is 6.33. The minimum atomic E-state index is -3.66. The van der Waals surface area contributed by atoms with Gasteiger partial charge in [0.2, 0.25) is 10.0 Å². The molecule has 3 aromatic rings. The van der Waals surface area contributed by atoms with E-state index in [9.17, 15) is 13.2 Å². The van der Waals surface area contributed by atoms with E-state index in [4.69, 9.17) is 0 Å². The molecule has 34 heavy (non-hydrogen) atoms. The smallest absolute Gasteiger partial charge is 0.251 e. The van der Waals surface area contributed by atoms with Crippen LogP contribution in [0.4, 0.5) is 0 Å². The first-order valence-electron chi connectivity index (χ1n) is 11.8. The Morgan fingerprint density at radius 2 is 1.88 bits per heavy atom. The Bertz CT molecular complexity index is 1260. The Hall–Kier alpha value is -2.97. The van der Waals surface area contributed by atoms with E-state index in [0.29, 0.717) is 30.8 Å². The molecule has 1 aliphatic carbocycles. The van der Waals surface area contributed by atoms with Gasteiger partial charge in [0.25, 0.3) is 5.91 Å². The largest absolute Gasteiger partial charge is 0.345 e. The van der Waals surface area contributed by atoms with Crippen molar-refractivity contribution in [2.45, 2.75) is 57.5 Å². The normalized spacial score (nSPS) is 15.8. The molecule has 0 radical (unpaired) electrons. The van der Waals surface area contributed by atoms with Gasteiger partial charge in [0.05, 0.1) is 23.7 Å². The first-order chi connectivity index (χ1) is 16.3. The van der Waals surface area contributed by atoms with Crippen LogP contribution in [0, 0.1) is 6.92 Å². The average Bonchev–Trinajstić information content (AvgIpc) is 3.24. The van der Waals surface area contributed by atoms with Gasteiger partial charge in [-0.15, -0.1) is 0 Å². The lowest BCUT2D eigenvalue weighted by Crippen LogP contribution is -2.32. The lowest BCUT2D eigenvalue weighted by molar-refractivity contribution is 0.0932. The van der Waals surface area contributed by atoms with Crippen LogP contribution in [0.15, 0.2) is 59.6 Å². The number of sulfonamides is 1. The summed E-state index contributed by atoms with van der Waals surface area (Å²) in [4.78, 5) is 13.4. The fourth-order valence-electron chi connectivity index (χ4n) is 4.62. The van der Waals surface area contributed by atoms with Gasteiger partial charge in [-0.3, -0.25) is 9.48 Å². The molecule has 2 aromatic carbocycles. The third kappa shape index (κ3) is 4.79. The number of hydrogen-bond donors (Lipinski definition) is 1. The number of hydrogen-bond acceptors (Lipinski definition) is 4. The van der Waals surface area contributed by atoms with Crippen LogP contribution in [0.5, 0.6) is 0 Å². The monoisotopic (exact) mass is 480 g/mol. The highest BCUT2D eigenvalue weighted by molar-refractivity contribution is 7.89. The lowest BCUT2D eigenvalue weighted by Gasteiger charge is -2.25. The predicted octanol–water partition coefficient (Wildman–Crippen LogP) is 4.08. The van der Waals surface area contributed by atoms with Crippen LogP contribution < -0.4 is 5.32 Å². The number of benzene rings is 2. The number of aromatic nitrogens is 2. The highest BCUT2D eigenvalue weighted by Gasteiger charge is 2.28. The molecule has 1 heterocycles. The Labute approximate surface area is 201 Å². The Kier molecular flexibility index (Phi) is 7.19. The molecule has 0 spiro atoms. The van der Waals surface area contributed by atoms with Crippen LogP contribution in [0.25, 0.3) is 0 Å². The van der Waals surface area contributed by atoms with Crippen LogP contribution in [-0.2, 0) is 23.0 Å². The average molecular weight is 481 g/mol. The lowest BCUT2D eigenvalue weighted by atomic mass is 9.92. The minimum absolute atomic E-state index is 0.148. The standard InChI is InChI=1S/C26H32N4O3S/c1-4-29(5-2)34(32,33)25-16-21(15-14-19(25)3)26(31)28-23-12-9-13-24-22(23)17-27-30(24)18-20-10-7-6-8-11-20/h6-8,10-11,14-17,23H,4-5,9,12-13,18H2,1-3H3,(H,28,31). The molecule has 0 saturated carbocycles. The number of nitrogens with one attached hydrogen (secondary N) is 1. The third-order valence-electron chi connectivity index (χ3n) is 6.52. The molecule has 1 amide bonds. The first-order valence-corrected chi connectivity index (χ1v) is 13.3. The molecule has 0 fully saturated rings. The summed E-state index contributed by atoms with van der Waals surface area (Å²) in [5.41, 5.74) is 4.35. The van der Waals surface area contributed by atoms with Crippen molar-refractivity contribution in [3.63, 3.8) is 0 Å². The van der Waals surface area contributed by atoms with Gasteiger partial charge in [0, 0.05) is 29.9 Å². The van der Waals surface area contributed by atoms with Crippen molar-refractivity contribution in [1.82, 2.24) is 19.4 Å². The van der Waals surface area contributed by atoms with Crippen LogP contribution >= 0.6 is 0 Å². The molecule has 1 aromatic heterocycles.